The first-order chi connectivity index (χ1) is 12.1. The Kier molecular flexibility index (Phi) is 7.72. The van der Waals surface area contributed by atoms with Crippen LogP contribution >= 0.6 is 0 Å². The molecule has 140 valence electrons. The van der Waals surface area contributed by atoms with Crippen LogP contribution in [0.3, 0.4) is 0 Å². The summed E-state index contributed by atoms with van der Waals surface area (Å²) in [6.07, 6.45) is 5.64. The average molecular weight is 348 g/mol. The summed E-state index contributed by atoms with van der Waals surface area (Å²) in [6.45, 7) is 4.40. The van der Waals surface area contributed by atoms with Gasteiger partial charge >= 0.3 is 0 Å². The van der Waals surface area contributed by atoms with Crippen molar-refractivity contribution in [3.8, 4) is 5.75 Å². The molecule has 0 aromatic heterocycles. The lowest BCUT2D eigenvalue weighted by Gasteiger charge is -2.28. The van der Waals surface area contributed by atoms with Gasteiger partial charge in [0.25, 0.3) is 5.91 Å². The fourth-order valence-electron chi connectivity index (χ4n) is 3.13. The Morgan fingerprint density at radius 1 is 1.16 bits per heavy atom. The predicted octanol–water partition coefficient (Wildman–Crippen LogP) is 3.70. The molecule has 0 heterocycles. The van der Waals surface area contributed by atoms with E-state index in [1.807, 2.05) is 24.3 Å². The molecule has 25 heavy (non-hydrogen) atoms. The van der Waals surface area contributed by atoms with Crippen LogP contribution in [0.2, 0.25) is 0 Å². The van der Waals surface area contributed by atoms with Gasteiger partial charge in [-0.25, -0.2) is 0 Å². The van der Waals surface area contributed by atoms with E-state index in [-0.39, 0.29) is 5.91 Å². The molecule has 2 rings (SSSR count). The molecule has 1 aliphatic rings. The Morgan fingerprint density at radius 3 is 2.44 bits per heavy atom. The van der Waals surface area contributed by atoms with Crippen molar-refractivity contribution in [2.75, 3.05) is 39.2 Å². The maximum Gasteiger partial charge on any atom is 0.256 e. The van der Waals surface area contributed by atoms with Crippen LogP contribution in [0.25, 0.3) is 0 Å². The first kappa shape index (κ1) is 19.7. The molecule has 1 aliphatic carbocycles. The van der Waals surface area contributed by atoms with E-state index in [0.717, 1.165) is 56.5 Å². The zero-order valence-corrected chi connectivity index (χ0v) is 15.8. The smallest absolute Gasteiger partial charge is 0.256 e. The Morgan fingerprint density at radius 2 is 1.84 bits per heavy atom. The lowest BCUT2D eigenvalue weighted by Crippen LogP contribution is -2.43. The van der Waals surface area contributed by atoms with E-state index in [1.165, 1.54) is 0 Å². The Hall–Kier alpha value is -1.59. The second kappa shape index (κ2) is 9.78. The van der Waals surface area contributed by atoms with Crippen molar-refractivity contribution in [2.45, 2.75) is 51.0 Å². The van der Waals surface area contributed by atoms with E-state index in [1.54, 1.807) is 0 Å². The van der Waals surface area contributed by atoms with Crippen molar-refractivity contribution in [1.82, 2.24) is 4.90 Å². The van der Waals surface area contributed by atoms with Gasteiger partial charge in [-0.15, -0.1) is 0 Å². The predicted molar refractivity (Wildman–Crippen MR) is 101 cm³/mol. The van der Waals surface area contributed by atoms with Crippen molar-refractivity contribution in [1.29, 1.82) is 0 Å². The summed E-state index contributed by atoms with van der Waals surface area (Å²) in [4.78, 5) is 14.9. The minimum atomic E-state index is -0.642. The molecule has 0 aliphatic heterocycles. The van der Waals surface area contributed by atoms with Gasteiger partial charge in [0, 0.05) is 18.8 Å². The quantitative estimate of drug-likeness (QED) is 0.655. The molecule has 1 amide bonds. The summed E-state index contributed by atoms with van der Waals surface area (Å²) in [5, 5.41) is 3.02. The van der Waals surface area contributed by atoms with Crippen LogP contribution in [0.1, 0.15) is 45.4 Å². The minimum absolute atomic E-state index is 0.0156. The summed E-state index contributed by atoms with van der Waals surface area (Å²) in [5.74, 6) is 0.813. The molecule has 5 nitrogen and oxygen atoms in total. The highest BCUT2D eigenvalue weighted by Gasteiger charge is 2.42. The molecule has 0 spiro atoms. The number of anilines is 1. The fourth-order valence-corrected chi connectivity index (χ4v) is 3.13. The normalized spacial score (nSPS) is 16.2. The van der Waals surface area contributed by atoms with Gasteiger partial charge in [0.05, 0.1) is 6.61 Å². The highest BCUT2D eigenvalue weighted by atomic mass is 16.5. The fraction of sp³-hybridized carbons (Fsp3) is 0.650. The van der Waals surface area contributed by atoms with Gasteiger partial charge in [0.15, 0.2) is 0 Å². The average Bonchev–Trinajstić information content (AvgIpc) is 3.08. The van der Waals surface area contributed by atoms with Gasteiger partial charge in [-0.1, -0.05) is 6.92 Å². The topological polar surface area (TPSA) is 50.8 Å². The van der Waals surface area contributed by atoms with Crippen molar-refractivity contribution >= 4 is 11.6 Å². The molecule has 1 N–H and O–H groups in total. The number of hydrogen-bond donors (Lipinski definition) is 1. The Balaban J connectivity index is 1.86. The van der Waals surface area contributed by atoms with Crippen LogP contribution in [0.4, 0.5) is 5.69 Å². The first-order valence-electron chi connectivity index (χ1n) is 9.39. The number of rotatable bonds is 10. The second-order valence-electron chi connectivity index (χ2n) is 7.03. The summed E-state index contributed by atoms with van der Waals surface area (Å²) in [5.41, 5.74) is 0.147. The van der Waals surface area contributed by atoms with Crippen LogP contribution in [0.5, 0.6) is 5.75 Å². The van der Waals surface area contributed by atoms with E-state index >= 15 is 0 Å². The molecular weight excluding hydrogens is 316 g/mol. The van der Waals surface area contributed by atoms with E-state index in [9.17, 15) is 4.79 Å². The van der Waals surface area contributed by atoms with Crippen LogP contribution in [-0.2, 0) is 9.53 Å². The molecule has 1 saturated carbocycles. The maximum atomic E-state index is 12.7. The summed E-state index contributed by atoms with van der Waals surface area (Å²) < 4.78 is 11.7. The molecule has 5 heteroatoms. The van der Waals surface area contributed by atoms with Gasteiger partial charge in [0.1, 0.15) is 11.4 Å². The molecule has 1 aromatic rings. The zero-order valence-electron chi connectivity index (χ0n) is 15.8. The maximum absolute atomic E-state index is 12.7. The van der Waals surface area contributed by atoms with Gasteiger partial charge < -0.3 is 19.7 Å². The number of ether oxygens (including phenoxy) is 2. The molecule has 0 unspecified atom stereocenters. The van der Waals surface area contributed by atoms with Gasteiger partial charge in [-0.2, -0.15) is 0 Å². The SMILES string of the molecule is CCCOC1(C(=O)Nc2ccc(OCCCN(C)C)cc2)CCCC1. The molecule has 1 fully saturated rings. The van der Waals surface area contributed by atoms with Crippen LogP contribution in [0.15, 0.2) is 24.3 Å². The second-order valence-corrected chi connectivity index (χ2v) is 7.03. The monoisotopic (exact) mass is 348 g/mol. The van der Waals surface area contributed by atoms with E-state index in [2.05, 4.69) is 31.2 Å². The molecule has 0 radical (unpaired) electrons. The van der Waals surface area contributed by atoms with Crippen LogP contribution < -0.4 is 10.1 Å². The van der Waals surface area contributed by atoms with Crippen molar-refractivity contribution in [3.63, 3.8) is 0 Å². The minimum Gasteiger partial charge on any atom is -0.494 e. The largest absolute Gasteiger partial charge is 0.494 e. The molecule has 0 atom stereocenters. The lowest BCUT2D eigenvalue weighted by molar-refractivity contribution is -0.140. The van der Waals surface area contributed by atoms with Crippen LogP contribution in [0, 0.1) is 0 Å². The van der Waals surface area contributed by atoms with Gasteiger partial charge in [-0.05, 0) is 76.9 Å². The van der Waals surface area contributed by atoms with Crippen LogP contribution in [-0.4, -0.2) is 50.3 Å². The molecular formula is C20H32N2O3. The number of nitrogens with one attached hydrogen (secondary N) is 1. The number of hydrogen-bond acceptors (Lipinski definition) is 4. The number of amides is 1. The molecule has 0 saturated heterocycles. The van der Waals surface area contributed by atoms with Crippen molar-refractivity contribution in [2.24, 2.45) is 0 Å². The lowest BCUT2D eigenvalue weighted by atomic mass is 10.0. The standard InChI is InChI=1S/C20H32N2O3/c1-4-15-25-20(12-5-6-13-20)19(23)21-17-8-10-18(11-9-17)24-16-7-14-22(2)3/h8-11H,4-7,12-16H2,1-3H3,(H,21,23). The third-order valence-corrected chi connectivity index (χ3v) is 4.54. The zero-order chi connectivity index (χ0) is 18.1. The van der Waals surface area contributed by atoms with Crippen molar-refractivity contribution < 1.29 is 14.3 Å². The first-order valence-corrected chi connectivity index (χ1v) is 9.39. The highest BCUT2D eigenvalue weighted by molar-refractivity contribution is 5.97. The van der Waals surface area contributed by atoms with E-state index in [0.29, 0.717) is 13.2 Å². The summed E-state index contributed by atoms with van der Waals surface area (Å²) in [7, 11) is 4.11. The number of nitrogens with zero attached hydrogens (tertiary/aromatic N) is 1. The Bertz CT molecular complexity index is 522. The molecule has 1 aromatic carbocycles. The van der Waals surface area contributed by atoms with Crippen molar-refractivity contribution in [3.05, 3.63) is 24.3 Å². The Labute approximate surface area is 151 Å². The number of benzene rings is 1. The number of carbonyl (C=O) groups is 1. The third kappa shape index (κ3) is 6.01. The summed E-state index contributed by atoms with van der Waals surface area (Å²) >= 11 is 0. The highest BCUT2D eigenvalue weighted by Crippen LogP contribution is 2.34. The third-order valence-electron chi connectivity index (χ3n) is 4.54. The number of carbonyl (C=O) groups excluding carboxylic acids is 1. The van der Waals surface area contributed by atoms with E-state index < -0.39 is 5.60 Å². The van der Waals surface area contributed by atoms with E-state index in [4.69, 9.17) is 9.47 Å². The summed E-state index contributed by atoms with van der Waals surface area (Å²) in [6, 6.07) is 7.59. The van der Waals surface area contributed by atoms with Gasteiger partial charge in [0.2, 0.25) is 0 Å². The van der Waals surface area contributed by atoms with Gasteiger partial charge in [-0.3, -0.25) is 4.79 Å². The molecule has 0 bridgehead atoms.